The van der Waals surface area contributed by atoms with Crippen molar-refractivity contribution in [1.82, 2.24) is 24.6 Å². The third kappa shape index (κ3) is 4.84. The van der Waals surface area contributed by atoms with Gasteiger partial charge in [-0.3, -0.25) is 9.69 Å². The summed E-state index contributed by atoms with van der Waals surface area (Å²) in [5, 5.41) is 8.84. The molecule has 214 valence electrons. The maximum absolute atomic E-state index is 15.8. The maximum atomic E-state index is 15.8. The summed E-state index contributed by atoms with van der Waals surface area (Å²) in [7, 11) is 3.17. The number of nitrogens with zero attached hydrogens (tertiary/aromatic N) is 6. The first-order chi connectivity index (χ1) is 18.9. The zero-order valence-corrected chi connectivity index (χ0v) is 23.5. The van der Waals surface area contributed by atoms with Gasteiger partial charge in [0.1, 0.15) is 23.3 Å². The van der Waals surface area contributed by atoms with Crippen LogP contribution in [-0.2, 0) is 11.3 Å². The number of aromatic nitrogens is 4. The zero-order valence-electron chi connectivity index (χ0n) is 23.5. The molecule has 3 aromatic rings. The lowest BCUT2D eigenvalue weighted by atomic mass is 9.94. The Morgan fingerprint density at radius 2 is 1.95 bits per heavy atom. The van der Waals surface area contributed by atoms with E-state index in [4.69, 9.17) is 9.47 Å². The van der Waals surface area contributed by atoms with Crippen molar-refractivity contribution in [3.05, 3.63) is 40.7 Å². The van der Waals surface area contributed by atoms with Gasteiger partial charge in [0.15, 0.2) is 11.6 Å². The number of hydrogen-bond acceptors (Lipinski definition) is 8. The number of alkyl halides is 1. The summed E-state index contributed by atoms with van der Waals surface area (Å²) in [6, 6.07) is 1.73. The van der Waals surface area contributed by atoms with Crippen LogP contribution in [0.5, 0.6) is 5.75 Å². The van der Waals surface area contributed by atoms with E-state index in [1.807, 2.05) is 0 Å². The Labute approximate surface area is 230 Å². The summed E-state index contributed by atoms with van der Waals surface area (Å²) in [6.45, 7) is 7.47. The van der Waals surface area contributed by atoms with Gasteiger partial charge in [-0.05, 0) is 59.1 Å². The first kappa shape index (κ1) is 27.7. The summed E-state index contributed by atoms with van der Waals surface area (Å²) in [5.41, 5.74) is -0.615. The van der Waals surface area contributed by atoms with E-state index in [0.717, 1.165) is 0 Å². The molecule has 2 aromatic heterocycles. The summed E-state index contributed by atoms with van der Waals surface area (Å²) >= 11 is 0. The van der Waals surface area contributed by atoms with Gasteiger partial charge >= 0.3 is 6.09 Å². The molecule has 4 heterocycles. The van der Waals surface area contributed by atoms with Crippen LogP contribution in [-0.4, -0.2) is 74.8 Å². The molecule has 4 atom stereocenters. The smallest absolute Gasteiger partial charge is 0.410 e. The van der Waals surface area contributed by atoms with Crippen LogP contribution >= 0.6 is 0 Å². The second-order valence-corrected chi connectivity index (χ2v) is 11.4. The van der Waals surface area contributed by atoms with Gasteiger partial charge in [-0.2, -0.15) is 0 Å². The molecule has 2 aliphatic heterocycles. The molecule has 0 aliphatic carbocycles. The fourth-order valence-corrected chi connectivity index (χ4v) is 5.77. The lowest BCUT2D eigenvalue weighted by Crippen LogP contribution is -2.59. The van der Waals surface area contributed by atoms with E-state index < -0.39 is 35.8 Å². The maximum Gasteiger partial charge on any atom is 0.410 e. The quantitative estimate of drug-likeness (QED) is 0.458. The minimum atomic E-state index is -1.31. The van der Waals surface area contributed by atoms with Crippen LogP contribution in [0, 0.1) is 5.82 Å². The number of pyridine rings is 1. The largest absolute Gasteiger partial charge is 0.496 e. The second kappa shape index (κ2) is 10.3. The number of methoxy groups -OCH3 is 1. The number of hydrogen-bond donors (Lipinski definition) is 0. The molecule has 1 aromatic carbocycles. The van der Waals surface area contributed by atoms with Crippen molar-refractivity contribution in [3.8, 4) is 17.1 Å². The average Bonchev–Trinajstić information content (AvgIpc) is 3.27. The molecule has 0 spiro atoms. The van der Waals surface area contributed by atoms with E-state index in [1.165, 1.54) is 36.2 Å². The SMILES string of the molecule is CCn1cc(F)c2cc(-c3ncc(N(C)[C@H]4CC5CCC([C@H]4F)N5C(=O)OC(C)(C)C)nn3)c(OC)cc2c1=O. The molecule has 0 radical (unpaired) electrons. The molecule has 10 nitrogen and oxygen atoms in total. The van der Waals surface area contributed by atoms with Gasteiger partial charge in [0.25, 0.3) is 5.56 Å². The van der Waals surface area contributed by atoms with Crippen molar-refractivity contribution in [2.24, 2.45) is 0 Å². The Bertz CT molecular complexity index is 1490. The molecule has 2 unspecified atom stereocenters. The first-order valence-corrected chi connectivity index (χ1v) is 13.4. The number of carbonyl (C=O) groups excluding carboxylic acids is 1. The highest BCUT2D eigenvalue weighted by atomic mass is 19.1. The first-order valence-electron chi connectivity index (χ1n) is 13.4. The summed E-state index contributed by atoms with van der Waals surface area (Å²) in [5.74, 6) is 0.284. The van der Waals surface area contributed by atoms with E-state index in [0.29, 0.717) is 42.9 Å². The van der Waals surface area contributed by atoms with E-state index in [1.54, 1.807) is 44.5 Å². The molecule has 40 heavy (non-hydrogen) atoms. The van der Waals surface area contributed by atoms with Crippen molar-refractivity contribution in [1.29, 1.82) is 0 Å². The van der Waals surface area contributed by atoms with Crippen LogP contribution in [0.4, 0.5) is 19.4 Å². The van der Waals surface area contributed by atoms with Gasteiger partial charge in [-0.15, -0.1) is 10.2 Å². The molecule has 5 rings (SSSR count). The minimum Gasteiger partial charge on any atom is -0.496 e. The normalized spacial score (nSPS) is 22.4. The topological polar surface area (TPSA) is 103 Å². The molecular formula is C28H34F2N6O4. The Balaban J connectivity index is 1.40. The number of piperidine rings is 1. The van der Waals surface area contributed by atoms with E-state index in [9.17, 15) is 14.0 Å². The minimum absolute atomic E-state index is 0.128. The van der Waals surface area contributed by atoms with Gasteiger partial charge in [0, 0.05) is 31.2 Å². The summed E-state index contributed by atoms with van der Waals surface area (Å²) in [4.78, 5) is 33.2. The van der Waals surface area contributed by atoms with Crippen LogP contribution in [0.1, 0.15) is 47.0 Å². The van der Waals surface area contributed by atoms with Crippen molar-refractivity contribution < 1.29 is 23.0 Å². The number of benzene rings is 1. The van der Waals surface area contributed by atoms with Gasteiger partial charge < -0.3 is 18.9 Å². The molecule has 1 amide bonds. The standard InChI is InChI=1S/C28H34F2N6O4/c1-7-35-14-19(29)16-11-18(22(39-6)12-17(16)26(35)37)25-31-13-23(32-33-25)34(5)21-10-15-8-9-20(24(21)30)36(15)27(38)40-28(2,3)4/h11-15,20-21,24H,7-10H2,1-6H3/t15?,20?,21-,24+/m0/s1. The Morgan fingerprint density at radius 3 is 2.58 bits per heavy atom. The van der Waals surface area contributed by atoms with Crippen molar-refractivity contribution >= 4 is 22.7 Å². The molecule has 2 aliphatic rings. The highest BCUT2D eigenvalue weighted by Crippen LogP contribution is 2.41. The predicted octanol–water partition coefficient (Wildman–Crippen LogP) is 4.34. The number of aryl methyl sites for hydroxylation is 1. The number of carbonyl (C=O) groups is 1. The number of ether oxygens (including phenoxy) is 2. The molecular weight excluding hydrogens is 522 g/mol. The third-order valence-electron chi connectivity index (χ3n) is 7.75. The molecule has 12 heteroatoms. The van der Waals surface area contributed by atoms with Crippen LogP contribution in [0.15, 0.2) is 29.3 Å². The van der Waals surface area contributed by atoms with Crippen molar-refractivity contribution in [2.75, 3.05) is 19.1 Å². The number of amides is 1. The monoisotopic (exact) mass is 556 g/mol. The number of fused-ring (bicyclic) bond motifs is 3. The van der Waals surface area contributed by atoms with Gasteiger partial charge in [0.2, 0.25) is 0 Å². The molecule has 0 saturated carbocycles. The Hall–Kier alpha value is -3.83. The van der Waals surface area contributed by atoms with Gasteiger partial charge in [-0.25, -0.2) is 18.6 Å². The van der Waals surface area contributed by atoms with Crippen molar-refractivity contribution in [3.63, 3.8) is 0 Å². The highest BCUT2D eigenvalue weighted by molar-refractivity contribution is 5.89. The van der Waals surface area contributed by atoms with E-state index in [2.05, 4.69) is 15.2 Å². The van der Waals surface area contributed by atoms with Crippen LogP contribution in [0.2, 0.25) is 0 Å². The van der Waals surface area contributed by atoms with Crippen LogP contribution in [0.3, 0.4) is 0 Å². The highest BCUT2D eigenvalue weighted by Gasteiger charge is 2.52. The Kier molecular flexibility index (Phi) is 7.13. The van der Waals surface area contributed by atoms with Gasteiger partial charge in [-0.1, -0.05) is 0 Å². The van der Waals surface area contributed by atoms with E-state index in [-0.39, 0.29) is 28.2 Å². The molecule has 2 bridgehead atoms. The van der Waals surface area contributed by atoms with Gasteiger partial charge in [0.05, 0.1) is 36.3 Å². The molecule has 2 saturated heterocycles. The summed E-state index contributed by atoms with van der Waals surface area (Å²) in [6.07, 6.45) is 2.56. The lowest BCUT2D eigenvalue weighted by Gasteiger charge is -2.44. The number of halogens is 2. The fourth-order valence-electron chi connectivity index (χ4n) is 5.77. The predicted molar refractivity (Wildman–Crippen MR) is 146 cm³/mol. The lowest BCUT2D eigenvalue weighted by molar-refractivity contribution is -0.0104. The van der Waals surface area contributed by atoms with Crippen molar-refractivity contribution in [2.45, 2.75) is 83.4 Å². The molecule has 2 fully saturated rings. The number of anilines is 1. The molecule has 0 N–H and O–H groups in total. The third-order valence-corrected chi connectivity index (χ3v) is 7.75. The Morgan fingerprint density at radius 1 is 1.20 bits per heavy atom. The summed E-state index contributed by atoms with van der Waals surface area (Å²) < 4.78 is 42.9. The van der Waals surface area contributed by atoms with Crippen LogP contribution < -0.4 is 15.2 Å². The second-order valence-electron chi connectivity index (χ2n) is 11.4. The average molecular weight is 557 g/mol. The zero-order chi connectivity index (χ0) is 28.9. The van der Waals surface area contributed by atoms with Crippen LogP contribution in [0.25, 0.3) is 22.2 Å². The number of rotatable bonds is 5. The fraction of sp³-hybridized carbons (Fsp3) is 0.536. The van der Waals surface area contributed by atoms with E-state index >= 15 is 4.39 Å².